The predicted octanol–water partition coefficient (Wildman–Crippen LogP) is 2.79. The molecule has 0 aromatic carbocycles. The van der Waals surface area contributed by atoms with Crippen molar-refractivity contribution in [3.8, 4) is 0 Å². The number of nitrogens with zero attached hydrogens (tertiary/aromatic N) is 4. The molecule has 0 saturated heterocycles. The highest BCUT2D eigenvalue weighted by Crippen LogP contribution is 2.39. The van der Waals surface area contributed by atoms with Crippen LogP contribution in [-0.4, -0.2) is 19.6 Å². The number of aryl methyl sites for hydroxylation is 1. The van der Waals surface area contributed by atoms with E-state index in [1.54, 1.807) is 0 Å². The van der Waals surface area contributed by atoms with Crippen molar-refractivity contribution in [2.45, 2.75) is 51.7 Å². The molecule has 0 unspecified atom stereocenters. The Balaban J connectivity index is 0.00000161. The van der Waals surface area contributed by atoms with Gasteiger partial charge in [0.15, 0.2) is 0 Å². The lowest BCUT2D eigenvalue weighted by Crippen LogP contribution is -2.17. The lowest BCUT2D eigenvalue weighted by Gasteiger charge is -2.11. The zero-order valence-electron chi connectivity index (χ0n) is 12.9. The Morgan fingerprint density at radius 2 is 2.10 bits per heavy atom. The molecule has 2 heterocycles. The largest absolute Gasteiger partial charge is 0.307 e. The van der Waals surface area contributed by atoms with E-state index < -0.39 is 0 Å². The summed E-state index contributed by atoms with van der Waals surface area (Å²) in [5, 5.41) is 12.4. The molecular weight excluding hydrogens is 286 g/mol. The molecule has 5 nitrogen and oxygen atoms in total. The molecule has 0 amide bonds. The molecule has 1 saturated carbocycles. The summed E-state index contributed by atoms with van der Waals surface area (Å²) in [4.78, 5) is 0. The average Bonchev–Trinajstić information content (AvgIpc) is 3.04. The summed E-state index contributed by atoms with van der Waals surface area (Å²) in [6, 6.07) is 2.69. The number of nitrogens with one attached hydrogen (secondary N) is 1. The fourth-order valence-corrected chi connectivity index (χ4v) is 2.51. The number of rotatable bonds is 6. The maximum atomic E-state index is 4.76. The topological polar surface area (TPSA) is 47.7 Å². The Kier molecular flexibility index (Phi) is 5.06. The van der Waals surface area contributed by atoms with Crippen molar-refractivity contribution in [3.63, 3.8) is 0 Å². The Morgan fingerprint density at radius 3 is 2.67 bits per heavy atom. The van der Waals surface area contributed by atoms with Crippen LogP contribution >= 0.6 is 12.4 Å². The summed E-state index contributed by atoms with van der Waals surface area (Å²) in [5.74, 6) is 0.715. The molecule has 0 spiro atoms. The van der Waals surface area contributed by atoms with Gasteiger partial charge in [0.1, 0.15) is 0 Å². The van der Waals surface area contributed by atoms with Crippen LogP contribution in [0.3, 0.4) is 0 Å². The van der Waals surface area contributed by atoms with E-state index in [1.165, 1.54) is 29.8 Å². The first-order valence-electron chi connectivity index (χ1n) is 7.40. The summed E-state index contributed by atoms with van der Waals surface area (Å²) in [7, 11) is 1.94. The zero-order chi connectivity index (χ0) is 14.1. The van der Waals surface area contributed by atoms with Crippen molar-refractivity contribution in [2.75, 3.05) is 0 Å². The standard InChI is InChI=1S/C15H23N5.ClH/c1-11(2)20-14(6-15(18-20)13-4-5-13)9-16-7-12-8-17-19(3)10-12;/h6,8,10-11,13,16H,4-5,7,9H2,1-3H3;1H. The van der Waals surface area contributed by atoms with Crippen LogP contribution in [0.2, 0.25) is 0 Å². The van der Waals surface area contributed by atoms with E-state index in [2.05, 4.69) is 35.0 Å². The second-order valence-electron chi connectivity index (χ2n) is 6.00. The highest BCUT2D eigenvalue weighted by atomic mass is 35.5. The molecule has 0 bridgehead atoms. The van der Waals surface area contributed by atoms with Gasteiger partial charge in [-0.3, -0.25) is 9.36 Å². The van der Waals surface area contributed by atoms with Gasteiger partial charge in [-0.2, -0.15) is 10.2 Å². The van der Waals surface area contributed by atoms with E-state index in [0.29, 0.717) is 12.0 Å². The third-order valence-electron chi connectivity index (χ3n) is 3.71. The first kappa shape index (κ1) is 16.0. The molecule has 116 valence electrons. The molecule has 0 aliphatic heterocycles. The maximum absolute atomic E-state index is 4.76. The molecule has 0 radical (unpaired) electrons. The van der Waals surface area contributed by atoms with Crippen molar-refractivity contribution < 1.29 is 0 Å². The van der Waals surface area contributed by atoms with Crippen LogP contribution in [0.4, 0.5) is 0 Å². The molecule has 1 N–H and O–H groups in total. The molecule has 3 rings (SSSR count). The summed E-state index contributed by atoms with van der Waals surface area (Å²) < 4.78 is 3.99. The number of hydrogen-bond donors (Lipinski definition) is 1. The second kappa shape index (κ2) is 6.62. The lowest BCUT2D eigenvalue weighted by atomic mass is 10.2. The lowest BCUT2D eigenvalue weighted by molar-refractivity contribution is 0.491. The molecule has 1 fully saturated rings. The van der Waals surface area contributed by atoms with Gasteiger partial charge in [-0.15, -0.1) is 12.4 Å². The number of halogens is 1. The van der Waals surface area contributed by atoms with Crippen molar-refractivity contribution in [1.82, 2.24) is 24.9 Å². The highest BCUT2D eigenvalue weighted by Gasteiger charge is 2.27. The van der Waals surface area contributed by atoms with Gasteiger partial charge < -0.3 is 5.32 Å². The van der Waals surface area contributed by atoms with Gasteiger partial charge in [-0.1, -0.05) is 0 Å². The van der Waals surface area contributed by atoms with Gasteiger partial charge in [0, 0.05) is 43.9 Å². The second-order valence-corrected chi connectivity index (χ2v) is 6.00. The molecule has 0 atom stereocenters. The third-order valence-corrected chi connectivity index (χ3v) is 3.71. The normalized spacial score (nSPS) is 14.5. The predicted molar refractivity (Wildman–Crippen MR) is 85.6 cm³/mol. The van der Waals surface area contributed by atoms with Crippen molar-refractivity contribution in [1.29, 1.82) is 0 Å². The molecule has 21 heavy (non-hydrogen) atoms. The van der Waals surface area contributed by atoms with E-state index in [1.807, 2.05) is 24.1 Å². The molecule has 6 heteroatoms. The van der Waals surface area contributed by atoms with Crippen molar-refractivity contribution in [2.24, 2.45) is 7.05 Å². The van der Waals surface area contributed by atoms with E-state index in [4.69, 9.17) is 5.10 Å². The van der Waals surface area contributed by atoms with Gasteiger partial charge in [0.25, 0.3) is 0 Å². The minimum Gasteiger partial charge on any atom is -0.307 e. The first-order valence-corrected chi connectivity index (χ1v) is 7.40. The van der Waals surface area contributed by atoms with Crippen molar-refractivity contribution in [3.05, 3.63) is 35.4 Å². The monoisotopic (exact) mass is 309 g/mol. The third kappa shape index (κ3) is 3.86. The minimum atomic E-state index is 0. The summed E-state index contributed by atoms with van der Waals surface area (Å²) in [5.41, 5.74) is 3.77. The van der Waals surface area contributed by atoms with Crippen LogP contribution in [0.25, 0.3) is 0 Å². The van der Waals surface area contributed by atoms with Crippen LogP contribution in [0.1, 0.15) is 55.6 Å². The zero-order valence-corrected chi connectivity index (χ0v) is 13.7. The Morgan fingerprint density at radius 1 is 1.33 bits per heavy atom. The van der Waals surface area contributed by atoms with Gasteiger partial charge in [-0.05, 0) is 32.8 Å². The van der Waals surface area contributed by atoms with Gasteiger partial charge >= 0.3 is 0 Å². The summed E-state index contributed by atoms with van der Waals surface area (Å²) in [6.07, 6.45) is 6.56. The number of hydrogen-bond acceptors (Lipinski definition) is 3. The van der Waals surface area contributed by atoms with Crippen LogP contribution in [0.15, 0.2) is 18.5 Å². The van der Waals surface area contributed by atoms with Gasteiger partial charge in [0.05, 0.1) is 17.6 Å². The van der Waals surface area contributed by atoms with E-state index in [-0.39, 0.29) is 12.4 Å². The summed E-state index contributed by atoms with van der Waals surface area (Å²) in [6.45, 7) is 6.07. The van der Waals surface area contributed by atoms with Crippen LogP contribution in [0.5, 0.6) is 0 Å². The fourth-order valence-electron chi connectivity index (χ4n) is 2.51. The SMILES string of the molecule is CC(C)n1nc(C2CC2)cc1CNCc1cnn(C)c1.Cl. The van der Waals surface area contributed by atoms with Gasteiger partial charge in [-0.25, -0.2) is 0 Å². The Labute approximate surface area is 132 Å². The molecular formula is C15H24ClN5. The number of aromatic nitrogens is 4. The van der Waals surface area contributed by atoms with E-state index >= 15 is 0 Å². The summed E-state index contributed by atoms with van der Waals surface area (Å²) >= 11 is 0. The highest BCUT2D eigenvalue weighted by molar-refractivity contribution is 5.85. The Bertz CT molecular complexity index is 583. The Hall–Kier alpha value is -1.33. The quantitative estimate of drug-likeness (QED) is 0.892. The molecule has 2 aromatic heterocycles. The van der Waals surface area contributed by atoms with Crippen LogP contribution < -0.4 is 5.32 Å². The van der Waals surface area contributed by atoms with Crippen LogP contribution in [0, 0.1) is 0 Å². The first-order chi connectivity index (χ1) is 9.63. The molecule has 2 aromatic rings. The maximum Gasteiger partial charge on any atom is 0.0659 e. The minimum absolute atomic E-state index is 0. The van der Waals surface area contributed by atoms with Crippen LogP contribution in [-0.2, 0) is 20.1 Å². The average molecular weight is 310 g/mol. The smallest absolute Gasteiger partial charge is 0.0659 e. The molecule has 1 aliphatic rings. The van der Waals surface area contributed by atoms with E-state index in [0.717, 1.165) is 13.1 Å². The molecule has 1 aliphatic carbocycles. The fraction of sp³-hybridized carbons (Fsp3) is 0.600. The van der Waals surface area contributed by atoms with Crippen molar-refractivity contribution >= 4 is 12.4 Å². The van der Waals surface area contributed by atoms with Gasteiger partial charge in [0.2, 0.25) is 0 Å². The van der Waals surface area contributed by atoms with E-state index in [9.17, 15) is 0 Å².